The topological polar surface area (TPSA) is 12.0 Å². The van der Waals surface area contributed by atoms with Crippen LogP contribution in [0.4, 0.5) is 8.78 Å². The van der Waals surface area contributed by atoms with Crippen molar-refractivity contribution in [3.8, 4) is 0 Å². The Morgan fingerprint density at radius 1 is 1.44 bits per heavy atom. The van der Waals surface area contributed by atoms with Crippen molar-refractivity contribution in [1.29, 1.82) is 0 Å². The number of hydrogen-bond donors (Lipinski definition) is 1. The minimum atomic E-state index is -2.43. The summed E-state index contributed by atoms with van der Waals surface area (Å²) in [7, 11) is 1.90. The second-order valence-electron chi connectivity index (χ2n) is 5.46. The van der Waals surface area contributed by atoms with Gasteiger partial charge in [0.05, 0.1) is 0 Å². The molecule has 1 N–H and O–H groups in total. The smallest absolute Gasteiger partial charge is 0.248 e. The predicted octanol–water partition coefficient (Wildman–Crippen LogP) is 4.08. The van der Waals surface area contributed by atoms with Crippen LogP contribution < -0.4 is 5.32 Å². The summed E-state index contributed by atoms with van der Waals surface area (Å²) in [6.45, 7) is 2.06. The second kappa shape index (κ2) is 5.35. The van der Waals surface area contributed by atoms with Crippen molar-refractivity contribution >= 4 is 0 Å². The lowest BCUT2D eigenvalue weighted by atomic mass is 9.93. The molecule has 0 heterocycles. The van der Waals surface area contributed by atoms with Crippen LogP contribution in [0.2, 0.25) is 0 Å². The molecule has 0 bridgehead atoms. The highest BCUT2D eigenvalue weighted by atomic mass is 19.3. The van der Waals surface area contributed by atoms with E-state index in [1.165, 1.54) is 11.1 Å². The Morgan fingerprint density at radius 3 is 2.78 bits per heavy atom. The molecular formula is C15H21F2N. The Labute approximate surface area is 108 Å². The van der Waals surface area contributed by atoms with Gasteiger partial charge in [-0.1, -0.05) is 29.8 Å². The van der Waals surface area contributed by atoms with E-state index in [-0.39, 0.29) is 24.8 Å². The van der Waals surface area contributed by atoms with Gasteiger partial charge in [-0.05, 0) is 38.3 Å². The van der Waals surface area contributed by atoms with E-state index in [2.05, 4.69) is 30.4 Å². The van der Waals surface area contributed by atoms with Crippen LogP contribution in [-0.4, -0.2) is 13.0 Å². The molecule has 1 aromatic rings. The summed E-state index contributed by atoms with van der Waals surface area (Å²) >= 11 is 0. The largest absolute Gasteiger partial charge is 0.313 e. The maximum absolute atomic E-state index is 13.2. The van der Waals surface area contributed by atoms with E-state index in [9.17, 15) is 8.78 Å². The van der Waals surface area contributed by atoms with Crippen molar-refractivity contribution in [2.75, 3.05) is 7.05 Å². The van der Waals surface area contributed by atoms with E-state index in [1.54, 1.807) is 0 Å². The van der Waals surface area contributed by atoms with Crippen LogP contribution in [0.1, 0.15) is 42.9 Å². The lowest BCUT2D eigenvalue weighted by Gasteiger charge is -2.21. The van der Waals surface area contributed by atoms with E-state index < -0.39 is 5.92 Å². The zero-order valence-electron chi connectivity index (χ0n) is 11.0. The van der Waals surface area contributed by atoms with E-state index in [1.807, 2.05) is 13.1 Å². The average molecular weight is 253 g/mol. The maximum atomic E-state index is 13.2. The second-order valence-corrected chi connectivity index (χ2v) is 5.46. The van der Waals surface area contributed by atoms with Crippen molar-refractivity contribution in [2.24, 2.45) is 5.92 Å². The standard InChI is InChI=1S/C15H21F2N/c1-11-4-3-5-13(8-11)14(18-2)9-12-6-7-15(16,17)10-12/h3-5,8,12,14,18H,6-7,9-10H2,1-2H3. The summed E-state index contributed by atoms with van der Waals surface area (Å²) < 4.78 is 26.4. The first kappa shape index (κ1) is 13.5. The number of benzene rings is 1. The molecule has 18 heavy (non-hydrogen) atoms. The molecule has 100 valence electrons. The summed E-state index contributed by atoms with van der Waals surface area (Å²) in [4.78, 5) is 0. The van der Waals surface area contributed by atoms with Crippen molar-refractivity contribution in [1.82, 2.24) is 5.32 Å². The van der Waals surface area contributed by atoms with Gasteiger partial charge in [-0.25, -0.2) is 8.78 Å². The molecular weight excluding hydrogens is 232 g/mol. The van der Waals surface area contributed by atoms with Crippen LogP contribution in [0.15, 0.2) is 24.3 Å². The average Bonchev–Trinajstić information content (AvgIpc) is 2.65. The highest BCUT2D eigenvalue weighted by Gasteiger charge is 2.39. The molecule has 1 aliphatic rings. The lowest BCUT2D eigenvalue weighted by molar-refractivity contribution is 0.00433. The first-order valence-corrected chi connectivity index (χ1v) is 6.62. The third kappa shape index (κ3) is 3.29. The molecule has 0 aliphatic heterocycles. The normalized spacial score (nSPS) is 24.1. The number of nitrogens with one attached hydrogen (secondary N) is 1. The van der Waals surface area contributed by atoms with E-state index >= 15 is 0 Å². The highest BCUT2D eigenvalue weighted by Crippen LogP contribution is 2.42. The SMILES string of the molecule is CNC(CC1CCC(F)(F)C1)c1cccc(C)c1. The van der Waals surface area contributed by atoms with E-state index in [0.29, 0.717) is 6.42 Å². The summed E-state index contributed by atoms with van der Waals surface area (Å²) in [6, 6.07) is 8.47. The van der Waals surface area contributed by atoms with Crippen LogP contribution >= 0.6 is 0 Å². The third-order valence-electron chi connectivity index (χ3n) is 3.87. The van der Waals surface area contributed by atoms with Gasteiger partial charge in [0.1, 0.15) is 0 Å². The van der Waals surface area contributed by atoms with Gasteiger partial charge in [-0.3, -0.25) is 0 Å². The van der Waals surface area contributed by atoms with Gasteiger partial charge < -0.3 is 5.32 Å². The van der Waals surface area contributed by atoms with Crippen LogP contribution in [0.3, 0.4) is 0 Å². The van der Waals surface area contributed by atoms with Gasteiger partial charge in [0.25, 0.3) is 0 Å². The minimum absolute atomic E-state index is 0.0526. The fraction of sp³-hybridized carbons (Fsp3) is 0.600. The molecule has 1 fully saturated rings. The fourth-order valence-electron chi connectivity index (χ4n) is 2.88. The van der Waals surface area contributed by atoms with Crippen molar-refractivity contribution < 1.29 is 8.78 Å². The van der Waals surface area contributed by atoms with Crippen LogP contribution in [0, 0.1) is 12.8 Å². The maximum Gasteiger partial charge on any atom is 0.248 e. The molecule has 3 heteroatoms. The van der Waals surface area contributed by atoms with Gasteiger partial charge in [0.2, 0.25) is 5.92 Å². The number of hydrogen-bond acceptors (Lipinski definition) is 1. The molecule has 1 aliphatic carbocycles. The molecule has 1 nitrogen and oxygen atoms in total. The number of aryl methyl sites for hydroxylation is 1. The zero-order chi connectivity index (χ0) is 13.2. The van der Waals surface area contributed by atoms with Crippen molar-refractivity contribution in [3.63, 3.8) is 0 Å². The molecule has 0 radical (unpaired) electrons. The van der Waals surface area contributed by atoms with Crippen molar-refractivity contribution in [3.05, 3.63) is 35.4 Å². The van der Waals surface area contributed by atoms with Gasteiger partial charge >= 0.3 is 0 Å². The molecule has 0 aromatic heterocycles. The minimum Gasteiger partial charge on any atom is -0.313 e. The van der Waals surface area contributed by atoms with Gasteiger partial charge in [0.15, 0.2) is 0 Å². The number of rotatable bonds is 4. The van der Waals surface area contributed by atoms with Gasteiger partial charge in [-0.15, -0.1) is 0 Å². The summed E-state index contributed by atoms with van der Waals surface area (Å²) in [5.74, 6) is -2.30. The Morgan fingerprint density at radius 2 is 2.22 bits per heavy atom. The van der Waals surface area contributed by atoms with E-state index in [0.717, 1.165) is 6.42 Å². The molecule has 0 spiro atoms. The predicted molar refractivity (Wildman–Crippen MR) is 69.9 cm³/mol. The first-order chi connectivity index (χ1) is 8.50. The Balaban J connectivity index is 2.02. The Hall–Kier alpha value is -0.960. The summed E-state index contributed by atoms with van der Waals surface area (Å²) in [5.41, 5.74) is 2.41. The Kier molecular flexibility index (Phi) is 4.00. The quantitative estimate of drug-likeness (QED) is 0.852. The molecule has 2 unspecified atom stereocenters. The molecule has 2 atom stereocenters. The number of alkyl halides is 2. The Bertz CT molecular complexity index is 403. The third-order valence-corrected chi connectivity index (χ3v) is 3.87. The lowest BCUT2D eigenvalue weighted by Crippen LogP contribution is -2.20. The summed E-state index contributed by atoms with van der Waals surface area (Å²) in [5, 5.41) is 3.25. The zero-order valence-corrected chi connectivity index (χ0v) is 11.0. The van der Waals surface area contributed by atoms with Crippen molar-refractivity contribution in [2.45, 2.75) is 44.6 Å². The molecule has 1 aromatic carbocycles. The van der Waals surface area contributed by atoms with Crippen LogP contribution in [0.5, 0.6) is 0 Å². The molecule has 2 rings (SSSR count). The van der Waals surface area contributed by atoms with Gasteiger partial charge in [0, 0.05) is 18.9 Å². The van der Waals surface area contributed by atoms with Crippen LogP contribution in [0.25, 0.3) is 0 Å². The highest BCUT2D eigenvalue weighted by molar-refractivity contribution is 5.25. The fourth-order valence-corrected chi connectivity index (χ4v) is 2.88. The first-order valence-electron chi connectivity index (χ1n) is 6.62. The monoisotopic (exact) mass is 253 g/mol. The van der Waals surface area contributed by atoms with E-state index in [4.69, 9.17) is 0 Å². The number of halogens is 2. The molecule has 1 saturated carbocycles. The molecule has 0 saturated heterocycles. The van der Waals surface area contributed by atoms with Crippen LogP contribution in [-0.2, 0) is 0 Å². The molecule has 0 amide bonds. The van der Waals surface area contributed by atoms with Gasteiger partial charge in [-0.2, -0.15) is 0 Å². The summed E-state index contributed by atoms with van der Waals surface area (Å²) in [6.07, 6.45) is 1.56.